The summed E-state index contributed by atoms with van der Waals surface area (Å²) in [6, 6.07) is 14.6. The van der Waals surface area contributed by atoms with Gasteiger partial charge >= 0.3 is 0 Å². The first-order chi connectivity index (χ1) is 17.1. The Morgan fingerprint density at radius 3 is 2.25 bits per heavy atom. The Kier molecular flexibility index (Phi) is 6.97. The van der Waals surface area contributed by atoms with E-state index < -0.39 is 29.6 Å². The second-order valence-corrected chi connectivity index (χ2v) is 9.27. The van der Waals surface area contributed by atoms with Crippen LogP contribution >= 0.6 is 0 Å². The molecule has 0 radical (unpaired) electrons. The van der Waals surface area contributed by atoms with E-state index in [-0.39, 0.29) is 17.0 Å². The number of halogens is 2. The van der Waals surface area contributed by atoms with Gasteiger partial charge in [0.1, 0.15) is 0 Å². The largest absolute Gasteiger partial charge is 0.325 e. The fourth-order valence-corrected chi connectivity index (χ4v) is 4.15. The van der Waals surface area contributed by atoms with Crippen molar-refractivity contribution in [3.63, 3.8) is 0 Å². The molecule has 2 amide bonds. The van der Waals surface area contributed by atoms with E-state index in [0.717, 1.165) is 22.4 Å². The van der Waals surface area contributed by atoms with Crippen LogP contribution in [0.5, 0.6) is 0 Å². The molecule has 0 aliphatic heterocycles. The molecule has 2 aromatic carbocycles. The molecule has 1 unspecified atom stereocenters. The summed E-state index contributed by atoms with van der Waals surface area (Å²) < 4.78 is 29.0. The SMILES string of the molecule is CC(=N)C(C(=O)Nc1cccc(C(F)(F)C2CC2)c1)C(=O)Nc1ccc(C)c(-c2ncccc2C)c1. The van der Waals surface area contributed by atoms with Crippen molar-refractivity contribution < 1.29 is 18.4 Å². The monoisotopic (exact) mass is 490 g/mol. The molecule has 1 aliphatic carbocycles. The van der Waals surface area contributed by atoms with E-state index in [0.29, 0.717) is 18.5 Å². The van der Waals surface area contributed by atoms with E-state index in [1.807, 2.05) is 32.0 Å². The van der Waals surface area contributed by atoms with Crippen LogP contribution in [0, 0.1) is 31.1 Å². The highest BCUT2D eigenvalue weighted by atomic mass is 19.3. The van der Waals surface area contributed by atoms with Crippen LogP contribution in [-0.4, -0.2) is 22.5 Å². The summed E-state index contributed by atoms with van der Waals surface area (Å²) in [7, 11) is 0. The van der Waals surface area contributed by atoms with Crippen LogP contribution in [0.4, 0.5) is 20.2 Å². The number of anilines is 2. The summed E-state index contributed by atoms with van der Waals surface area (Å²) in [5.74, 6) is -6.53. The number of rotatable bonds is 8. The average molecular weight is 491 g/mol. The van der Waals surface area contributed by atoms with Crippen LogP contribution in [0.3, 0.4) is 0 Å². The number of aryl methyl sites for hydroxylation is 2. The van der Waals surface area contributed by atoms with Gasteiger partial charge < -0.3 is 16.0 Å². The highest BCUT2D eigenvalue weighted by molar-refractivity contribution is 6.24. The second-order valence-electron chi connectivity index (χ2n) is 9.27. The number of carbonyl (C=O) groups is 2. The smallest absolute Gasteiger partial charge is 0.276 e. The normalized spacial score (nSPS) is 14.1. The molecular weight excluding hydrogens is 462 g/mol. The molecule has 0 saturated heterocycles. The highest BCUT2D eigenvalue weighted by Gasteiger charge is 2.48. The van der Waals surface area contributed by atoms with Crippen molar-refractivity contribution >= 4 is 28.9 Å². The maximum absolute atomic E-state index is 14.5. The first-order valence-electron chi connectivity index (χ1n) is 11.8. The molecule has 4 rings (SSSR count). The summed E-state index contributed by atoms with van der Waals surface area (Å²) in [5.41, 5.74) is 3.83. The first-order valence-corrected chi connectivity index (χ1v) is 11.8. The molecule has 1 heterocycles. The lowest BCUT2D eigenvalue weighted by atomic mass is 9.99. The predicted molar refractivity (Wildman–Crippen MR) is 136 cm³/mol. The van der Waals surface area contributed by atoms with Crippen molar-refractivity contribution in [2.45, 2.75) is 39.5 Å². The number of carbonyl (C=O) groups excluding carboxylic acids is 2. The third kappa shape index (κ3) is 5.32. The van der Waals surface area contributed by atoms with Crippen LogP contribution < -0.4 is 10.6 Å². The third-order valence-corrected chi connectivity index (χ3v) is 6.33. The van der Waals surface area contributed by atoms with Crippen LogP contribution in [0.2, 0.25) is 0 Å². The van der Waals surface area contributed by atoms with Gasteiger partial charge in [0.15, 0.2) is 5.92 Å². The number of nitrogens with zero attached hydrogens (tertiary/aromatic N) is 1. The van der Waals surface area contributed by atoms with Gasteiger partial charge in [0, 0.05) is 40.3 Å². The topological polar surface area (TPSA) is 94.9 Å². The Morgan fingerprint density at radius 1 is 0.972 bits per heavy atom. The molecule has 1 aliphatic rings. The summed E-state index contributed by atoms with van der Waals surface area (Å²) in [6.07, 6.45) is 2.64. The maximum atomic E-state index is 14.5. The minimum Gasteiger partial charge on any atom is -0.325 e. The first kappa shape index (κ1) is 25.2. The lowest BCUT2D eigenvalue weighted by Crippen LogP contribution is -2.38. The molecule has 3 N–H and O–H groups in total. The van der Waals surface area contributed by atoms with Crippen molar-refractivity contribution in [3.05, 3.63) is 77.5 Å². The molecule has 3 aromatic rings. The Balaban J connectivity index is 1.52. The van der Waals surface area contributed by atoms with Gasteiger partial charge in [-0.05, 0) is 75.1 Å². The van der Waals surface area contributed by atoms with Gasteiger partial charge in [-0.2, -0.15) is 0 Å². The minimum atomic E-state index is -2.97. The lowest BCUT2D eigenvalue weighted by Gasteiger charge is -2.19. The molecule has 1 aromatic heterocycles. The Hall–Kier alpha value is -3.94. The predicted octanol–water partition coefficient (Wildman–Crippen LogP) is 6.10. The Bertz CT molecular complexity index is 1330. The molecule has 1 saturated carbocycles. The van der Waals surface area contributed by atoms with Gasteiger partial charge in [0.25, 0.3) is 5.92 Å². The van der Waals surface area contributed by atoms with Crippen LogP contribution in [-0.2, 0) is 15.5 Å². The van der Waals surface area contributed by atoms with Crippen molar-refractivity contribution in [1.29, 1.82) is 5.41 Å². The molecule has 36 heavy (non-hydrogen) atoms. The number of amides is 2. The van der Waals surface area contributed by atoms with E-state index >= 15 is 0 Å². The van der Waals surface area contributed by atoms with Gasteiger partial charge in [-0.1, -0.05) is 24.3 Å². The standard InChI is InChI=1S/C28H28F2N4O2/c1-16-9-12-22(15-23(16)25-17(2)6-5-13-32-25)34-27(36)24(18(3)31)26(35)33-21-8-4-7-20(14-21)28(29,30)19-10-11-19/h4-9,12-15,19,24,31H,10-11H2,1-3H3,(H,33,35)(H,34,36). The molecule has 6 nitrogen and oxygen atoms in total. The van der Waals surface area contributed by atoms with Crippen molar-refractivity contribution in [3.8, 4) is 11.3 Å². The average Bonchev–Trinajstić information content (AvgIpc) is 3.67. The molecule has 186 valence electrons. The quantitative estimate of drug-likeness (QED) is 0.263. The fraction of sp³-hybridized carbons (Fsp3) is 0.286. The van der Waals surface area contributed by atoms with E-state index in [9.17, 15) is 18.4 Å². The molecule has 0 bridgehead atoms. The van der Waals surface area contributed by atoms with E-state index in [1.165, 1.54) is 31.2 Å². The zero-order valence-corrected chi connectivity index (χ0v) is 20.4. The number of alkyl halides is 2. The van der Waals surface area contributed by atoms with Gasteiger partial charge in [0.05, 0.1) is 5.69 Å². The molecule has 0 spiro atoms. The highest BCUT2D eigenvalue weighted by Crippen LogP contribution is 2.49. The number of aromatic nitrogens is 1. The van der Waals surface area contributed by atoms with Crippen LogP contribution in [0.15, 0.2) is 60.8 Å². The number of hydrogen-bond donors (Lipinski definition) is 3. The molecule has 1 atom stereocenters. The third-order valence-electron chi connectivity index (χ3n) is 6.33. The summed E-state index contributed by atoms with van der Waals surface area (Å²) in [5, 5.41) is 13.3. The molecule has 1 fully saturated rings. The number of nitrogens with one attached hydrogen (secondary N) is 3. The zero-order chi connectivity index (χ0) is 26.0. The van der Waals surface area contributed by atoms with Crippen molar-refractivity contribution in [2.75, 3.05) is 10.6 Å². The van der Waals surface area contributed by atoms with Gasteiger partial charge in [0.2, 0.25) is 11.8 Å². The minimum absolute atomic E-state index is 0.153. The lowest BCUT2D eigenvalue weighted by molar-refractivity contribution is -0.126. The summed E-state index contributed by atoms with van der Waals surface area (Å²) >= 11 is 0. The number of pyridine rings is 1. The van der Waals surface area contributed by atoms with Gasteiger partial charge in [-0.15, -0.1) is 0 Å². The van der Waals surface area contributed by atoms with Gasteiger partial charge in [-0.3, -0.25) is 14.6 Å². The van der Waals surface area contributed by atoms with E-state index in [1.54, 1.807) is 18.3 Å². The number of hydrogen-bond acceptors (Lipinski definition) is 4. The fourth-order valence-electron chi connectivity index (χ4n) is 4.15. The van der Waals surface area contributed by atoms with Gasteiger partial charge in [-0.25, -0.2) is 8.78 Å². The molecule has 8 heteroatoms. The number of benzene rings is 2. The van der Waals surface area contributed by atoms with Crippen LogP contribution in [0.1, 0.15) is 36.5 Å². The second kappa shape index (κ2) is 9.97. The van der Waals surface area contributed by atoms with E-state index in [4.69, 9.17) is 5.41 Å². The van der Waals surface area contributed by atoms with Crippen LogP contribution in [0.25, 0.3) is 11.3 Å². The van der Waals surface area contributed by atoms with Crippen molar-refractivity contribution in [2.24, 2.45) is 11.8 Å². The summed E-state index contributed by atoms with van der Waals surface area (Å²) in [4.78, 5) is 30.5. The Labute approximate surface area is 208 Å². The molecular formula is C28H28F2N4O2. The van der Waals surface area contributed by atoms with E-state index in [2.05, 4.69) is 15.6 Å². The zero-order valence-electron chi connectivity index (χ0n) is 20.4. The summed E-state index contributed by atoms with van der Waals surface area (Å²) in [6.45, 7) is 5.24. The van der Waals surface area contributed by atoms with Crippen molar-refractivity contribution in [1.82, 2.24) is 4.98 Å². The maximum Gasteiger partial charge on any atom is 0.276 e. The Morgan fingerprint density at radius 2 is 1.64 bits per heavy atom.